The molecule has 0 unspecified atom stereocenters. The number of aromatic hydroxyl groups is 1. The second-order valence-corrected chi connectivity index (χ2v) is 6.56. The maximum Gasteiger partial charge on any atom is 0.338 e. The summed E-state index contributed by atoms with van der Waals surface area (Å²) >= 11 is 0. The van der Waals surface area contributed by atoms with E-state index >= 15 is 0 Å². The van der Waals surface area contributed by atoms with E-state index in [0.29, 0.717) is 5.69 Å². The summed E-state index contributed by atoms with van der Waals surface area (Å²) in [5, 5.41) is 22.4. The van der Waals surface area contributed by atoms with Crippen molar-refractivity contribution < 1.29 is 28.2 Å². The molecule has 2 aromatic carbocycles. The van der Waals surface area contributed by atoms with Crippen molar-refractivity contribution in [2.45, 2.75) is 0 Å². The molecule has 0 radical (unpaired) electrons. The molecule has 0 fully saturated rings. The number of carboxylic acids is 1. The van der Waals surface area contributed by atoms with Gasteiger partial charge in [0.25, 0.3) is 0 Å². The summed E-state index contributed by atoms with van der Waals surface area (Å²) in [5.41, 5.74) is 5.23. The van der Waals surface area contributed by atoms with E-state index in [1.807, 2.05) is 0 Å². The van der Waals surface area contributed by atoms with E-state index in [2.05, 4.69) is 5.32 Å². The van der Waals surface area contributed by atoms with Gasteiger partial charge in [-0.2, -0.15) is 0 Å². The Morgan fingerprint density at radius 1 is 1.10 bits per heavy atom. The van der Waals surface area contributed by atoms with Crippen LogP contribution in [-0.4, -0.2) is 23.2 Å². The van der Waals surface area contributed by atoms with Crippen LogP contribution in [0.4, 0.5) is 20.2 Å². The highest BCUT2D eigenvalue weighted by molar-refractivity contribution is 6.11. The second-order valence-electron chi connectivity index (χ2n) is 6.56. The van der Waals surface area contributed by atoms with Crippen LogP contribution < -0.4 is 16.5 Å². The Bertz CT molecular complexity index is 1380. The number of anilines is 2. The van der Waals surface area contributed by atoms with Gasteiger partial charge in [-0.3, -0.25) is 4.79 Å². The standard InChI is InChI=1S/C21H14F2N2O5/c1-25-13-3-2-8(19(20(13)24)21(28)29)18-9-4-11(22)14(26)6-16(9)30-17-7-15(27)12(23)5-10(17)18/h2-7,25-26H,24H2,1H3,(H,28,29). The fourth-order valence-corrected chi connectivity index (χ4v) is 3.47. The number of nitrogens with one attached hydrogen (secondary N) is 1. The highest BCUT2D eigenvalue weighted by Crippen LogP contribution is 2.44. The molecule has 0 bridgehead atoms. The van der Waals surface area contributed by atoms with Crippen molar-refractivity contribution >= 4 is 28.3 Å². The number of hydrogen-bond acceptors (Lipinski definition) is 6. The lowest BCUT2D eigenvalue weighted by molar-refractivity contribution is 0.0699. The summed E-state index contributed by atoms with van der Waals surface area (Å²) in [7, 11) is 1.56. The zero-order valence-electron chi connectivity index (χ0n) is 15.4. The first-order valence-corrected chi connectivity index (χ1v) is 8.65. The van der Waals surface area contributed by atoms with E-state index < -0.39 is 28.8 Å². The Balaban J connectivity index is 2.26. The number of phenols is 1. The Morgan fingerprint density at radius 3 is 2.50 bits per heavy atom. The third-order valence-corrected chi connectivity index (χ3v) is 4.84. The first-order chi connectivity index (χ1) is 14.2. The Kier molecular flexibility index (Phi) is 4.30. The molecule has 1 aliphatic heterocycles. The van der Waals surface area contributed by atoms with Gasteiger partial charge in [-0.05, 0) is 23.8 Å². The van der Waals surface area contributed by atoms with Gasteiger partial charge in [0.15, 0.2) is 17.4 Å². The third-order valence-electron chi connectivity index (χ3n) is 4.84. The molecule has 2 aromatic rings. The molecule has 152 valence electrons. The lowest BCUT2D eigenvalue weighted by atomic mass is 9.89. The van der Waals surface area contributed by atoms with Crippen molar-refractivity contribution in [1.29, 1.82) is 0 Å². The maximum atomic E-state index is 14.2. The first kappa shape index (κ1) is 19.2. The summed E-state index contributed by atoms with van der Waals surface area (Å²) in [5.74, 6) is -4.21. The van der Waals surface area contributed by atoms with Crippen LogP contribution in [-0.2, 0) is 0 Å². The minimum Gasteiger partial charge on any atom is -0.505 e. The quantitative estimate of drug-likeness (QED) is 0.297. The van der Waals surface area contributed by atoms with Crippen LogP contribution in [0.1, 0.15) is 10.4 Å². The SMILES string of the molecule is CNc1ccc(-c2c3cc(F)c(=O)cc-3oc3cc(O)c(F)cc23)c(C(=O)O)c1N. The molecular formula is C21H14F2N2O5. The fraction of sp³-hybridized carbons (Fsp3) is 0.0476. The predicted molar refractivity (Wildman–Crippen MR) is 107 cm³/mol. The van der Waals surface area contributed by atoms with Gasteiger partial charge in [-0.15, -0.1) is 0 Å². The molecule has 1 heterocycles. The number of nitrogen functional groups attached to an aromatic ring is 1. The Morgan fingerprint density at radius 2 is 1.83 bits per heavy atom. The van der Waals surface area contributed by atoms with E-state index in [1.54, 1.807) is 7.05 Å². The molecule has 1 aliphatic carbocycles. The van der Waals surface area contributed by atoms with Gasteiger partial charge >= 0.3 is 5.97 Å². The number of nitrogens with two attached hydrogens (primary N) is 1. The first-order valence-electron chi connectivity index (χ1n) is 8.65. The number of fused-ring (bicyclic) bond motifs is 2. The predicted octanol–water partition coefficient (Wildman–Crippen LogP) is 3.87. The number of hydrogen-bond donors (Lipinski definition) is 4. The zero-order valence-corrected chi connectivity index (χ0v) is 15.4. The normalized spacial score (nSPS) is 11.2. The van der Waals surface area contributed by atoms with Crippen molar-refractivity contribution in [1.82, 2.24) is 0 Å². The van der Waals surface area contributed by atoms with E-state index in [1.165, 1.54) is 12.1 Å². The van der Waals surface area contributed by atoms with Crippen molar-refractivity contribution in [3.63, 3.8) is 0 Å². The number of carboxylic acid groups (broad SMARTS) is 1. The lowest BCUT2D eigenvalue weighted by Gasteiger charge is -2.19. The molecule has 2 aliphatic rings. The second kappa shape index (κ2) is 6.73. The van der Waals surface area contributed by atoms with Crippen LogP contribution in [0.25, 0.3) is 33.4 Å². The number of benzene rings is 3. The van der Waals surface area contributed by atoms with Crippen molar-refractivity contribution in [3.8, 4) is 28.2 Å². The highest BCUT2D eigenvalue weighted by atomic mass is 19.1. The molecule has 0 amide bonds. The molecule has 0 saturated carbocycles. The van der Waals surface area contributed by atoms with Gasteiger partial charge in [0.1, 0.15) is 11.3 Å². The molecule has 7 nitrogen and oxygen atoms in total. The summed E-state index contributed by atoms with van der Waals surface area (Å²) in [4.78, 5) is 23.8. The molecule has 30 heavy (non-hydrogen) atoms. The zero-order chi connectivity index (χ0) is 21.7. The molecule has 4 rings (SSSR count). The van der Waals surface area contributed by atoms with Gasteiger partial charge in [-0.1, -0.05) is 6.07 Å². The van der Waals surface area contributed by atoms with Crippen LogP contribution >= 0.6 is 0 Å². The van der Waals surface area contributed by atoms with E-state index in [0.717, 1.165) is 24.3 Å². The summed E-state index contributed by atoms with van der Waals surface area (Å²) < 4.78 is 33.9. The summed E-state index contributed by atoms with van der Waals surface area (Å²) in [6, 6.07) is 6.70. The van der Waals surface area contributed by atoms with E-state index in [-0.39, 0.29) is 44.7 Å². The lowest BCUT2D eigenvalue weighted by Crippen LogP contribution is -2.10. The van der Waals surface area contributed by atoms with Gasteiger partial charge in [0, 0.05) is 35.7 Å². The number of aromatic carboxylic acids is 1. The third kappa shape index (κ3) is 2.79. The van der Waals surface area contributed by atoms with Crippen molar-refractivity contribution in [2.24, 2.45) is 0 Å². The average Bonchev–Trinajstić information content (AvgIpc) is 2.68. The monoisotopic (exact) mass is 412 g/mol. The van der Waals surface area contributed by atoms with Gasteiger partial charge in [-0.25, -0.2) is 13.6 Å². The molecule has 9 heteroatoms. The Labute approximate surface area is 167 Å². The average molecular weight is 412 g/mol. The van der Waals surface area contributed by atoms with Crippen molar-refractivity contribution in [2.75, 3.05) is 18.1 Å². The topological polar surface area (TPSA) is 126 Å². The smallest absolute Gasteiger partial charge is 0.338 e. The maximum absolute atomic E-state index is 14.2. The fourth-order valence-electron chi connectivity index (χ4n) is 3.47. The minimum atomic E-state index is -1.36. The number of halogens is 2. The minimum absolute atomic E-state index is 0.0324. The Hall–Kier alpha value is -4.14. The molecule has 0 aromatic heterocycles. The van der Waals surface area contributed by atoms with Gasteiger partial charge in [0.2, 0.25) is 5.43 Å². The molecule has 0 spiro atoms. The van der Waals surface area contributed by atoms with E-state index in [4.69, 9.17) is 10.2 Å². The highest BCUT2D eigenvalue weighted by Gasteiger charge is 2.26. The molecule has 0 atom stereocenters. The largest absolute Gasteiger partial charge is 0.505 e. The molecule has 5 N–H and O–H groups in total. The van der Waals surface area contributed by atoms with Gasteiger partial charge in [0.05, 0.1) is 16.9 Å². The van der Waals surface area contributed by atoms with E-state index in [9.17, 15) is 28.6 Å². The number of phenolic OH excluding ortho intramolecular Hbond substituents is 1. The summed E-state index contributed by atoms with van der Waals surface area (Å²) in [6.07, 6.45) is 0. The molecule has 0 saturated heterocycles. The van der Waals surface area contributed by atoms with Gasteiger partial charge < -0.3 is 25.7 Å². The van der Waals surface area contributed by atoms with Crippen LogP contribution in [0.5, 0.6) is 5.75 Å². The number of rotatable bonds is 3. The summed E-state index contributed by atoms with van der Waals surface area (Å²) in [6.45, 7) is 0. The van der Waals surface area contributed by atoms with Crippen LogP contribution in [0, 0.1) is 11.6 Å². The van der Waals surface area contributed by atoms with Crippen LogP contribution in [0.2, 0.25) is 0 Å². The van der Waals surface area contributed by atoms with Crippen LogP contribution in [0.3, 0.4) is 0 Å². The number of carbonyl (C=O) groups is 1. The van der Waals surface area contributed by atoms with Crippen LogP contribution in [0.15, 0.2) is 45.6 Å². The van der Waals surface area contributed by atoms with Crippen molar-refractivity contribution in [3.05, 3.63) is 63.8 Å². The molecular weight excluding hydrogens is 398 g/mol.